The van der Waals surface area contributed by atoms with Crippen molar-refractivity contribution < 1.29 is 9.90 Å². The van der Waals surface area contributed by atoms with Crippen LogP contribution in [0.2, 0.25) is 0 Å². The minimum atomic E-state index is -0.313. The van der Waals surface area contributed by atoms with Crippen molar-refractivity contribution in [3.8, 4) is 0 Å². The number of carbonyl (C=O) groups excluding carboxylic acids is 1. The van der Waals surface area contributed by atoms with Gasteiger partial charge in [-0.3, -0.25) is 4.79 Å². The lowest BCUT2D eigenvalue weighted by Crippen LogP contribution is -2.35. The second-order valence-corrected chi connectivity index (χ2v) is 4.73. The lowest BCUT2D eigenvalue weighted by atomic mass is 9.88. The van der Waals surface area contributed by atoms with Crippen molar-refractivity contribution in [3.05, 3.63) is 0 Å². The summed E-state index contributed by atoms with van der Waals surface area (Å²) in [5, 5.41) is 9.16. The Bertz CT molecular complexity index is 198. The molecule has 0 heterocycles. The van der Waals surface area contributed by atoms with E-state index in [0.29, 0.717) is 13.0 Å². The molecular weight excluding hydrogens is 190 g/mol. The third kappa shape index (κ3) is 4.20. The van der Waals surface area contributed by atoms with Crippen LogP contribution in [0.1, 0.15) is 45.4 Å². The number of hydrogen-bond acceptors (Lipinski definition) is 2. The maximum Gasteiger partial charge on any atom is 0.225 e. The third-order valence-corrected chi connectivity index (χ3v) is 3.21. The molecule has 0 saturated heterocycles. The molecule has 1 amide bonds. The van der Waals surface area contributed by atoms with E-state index in [-0.39, 0.29) is 17.9 Å². The number of hydrogen-bond donors (Lipinski definition) is 1. The topological polar surface area (TPSA) is 40.5 Å². The van der Waals surface area contributed by atoms with Crippen LogP contribution in [0.5, 0.6) is 0 Å². The second-order valence-electron chi connectivity index (χ2n) is 4.73. The molecule has 0 aromatic carbocycles. The fourth-order valence-electron chi connectivity index (χ4n) is 2.15. The number of rotatable bonds is 4. The highest BCUT2D eigenvalue weighted by Gasteiger charge is 2.23. The van der Waals surface area contributed by atoms with Crippen LogP contribution >= 0.6 is 0 Å². The molecule has 1 rings (SSSR count). The Hall–Kier alpha value is -0.570. The molecule has 1 aliphatic carbocycles. The van der Waals surface area contributed by atoms with Crippen molar-refractivity contribution in [2.24, 2.45) is 5.92 Å². The van der Waals surface area contributed by atoms with Crippen molar-refractivity contribution in [1.29, 1.82) is 0 Å². The summed E-state index contributed by atoms with van der Waals surface area (Å²) in [7, 11) is 1.85. The third-order valence-electron chi connectivity index (χ3n) is 3.21. The molecule has 1 fully saturated rings. The van der Waals surface area contributed by atoms with Gasteiger partial charge in [0.05, 0.1) is 6.10 Å². The molecule has 0 aromatic heterocycles. The Morgan fingerprint density at radius 2 is 2.00 bits per heavy atom. The minimum Gasteiger partial charge on any atom is -0.393 e. The minimum absolute atomic E-state index is 0.248. The molecule has 1 saturated carbocycles. The van der Waals surface area contributed by atoms with Crippen LogP contribution in [-0.2, 0) is 4.79 Å². The van der Waals surface area contributed by atoms with Gasteiger partial charge in [-0.05, 0) is 26.2 Å². The average Bonchev–Trinajstić information content (AvgIpc) is 2.26. The summed E-state index contributed by atoms with van der Waals surface area (Å²) in [6.07, 6.45) is 6.14. The number of carbonyl (C=O) groups is 1. The van der Waals surface area contributed by atoms with E-state index in [9.17, 15) is 4.79 Å². The maximum atomic E-state index is 12.0. The van der Waals surface area contributed by atoms with E-state index in [2.05, 4.69) is 0 Å². The van der Waals surface area contributed by atoms with Crippen LogP contribution < -0.4 is 0 Å². The van der Waals surface area contributed by atoms with E-state index >= 15 is 0 Å². The lowest BCUT2D eigenvalue weighted by molar-refractivity contribution is -0.135. The Kier molecular flexibility index (Phi) is 5.09. The van der Waals surface area contributed by atoms with Gasteiger partial charge in [-0.2, -0.15) is 0 Å². The summed E-state index contributed by atoms with van der Waals surface area (Å²) >= 11 is 0. The average molecular weight is 213 g/mol. The summed E-state index contributed by atoms with van der Waals surface area (Å²) in [6.45, 7) is 2.44. The Balaban J connectivity index is 2.30. The zero-order valence-corrected chi connectivity index (χ0v) is 9.91. The molecule has 1 unspecified atom stereocenters. The van der Waals surface area contributed by atoms with E-state index in [0.717, 1.165) is 12.8 Å². The van der Waals surface area contributed by atoms with Gasteiger partial charge in [-0.25, -0.2) is 0 Å². The fraction of sp³-hybridized carbons (Fsp3) is 0.917. The van der Waals surface area contributed by atoms with Gasteiger partial charge in [0.1, 0.15) is 0 Å². The van der Waals surface area contributed by atoms with Gasteiger partial charge in [-0.15, -0.1) is 0 Å². The first kappa shape index (κ1) is 12.5. The fourth-order valence-corrected chi connectivity index (χ4v) is 2.15. The summed E-state index contributed by atoms with van der Waals surface area (Å²) in [5.41, 5.74) is 0. The van der Waals surface area contributed by atoms with E-state index in [1.807, 2.05) is 7.05 Å². The first-order chi connectivity index (χ1) is 7.11. The van der Waals surface area contributed by atoms with Crippen LogP contribution in [-0.4, -0.2) is 35.6 Å². The Morgan fingerprint density at radius 3 is 2.53 bits per heavy atom. The first-order valence-electron chi connectivity index (χ1n) is 6.04. The molecular formula is C12H23NO2. The SMILES string of the molecule is CC(O)CCN(C)C(=O)C1CCCCC1. The molecule has 15 heavy (non-hydrogen) atoms. The van der Waals surface area contributed by atoms with Crippen LogP contribution in [0.15, 0.2) is 0 Å². The highest BCUT2D eigenvalue weighted by Crippen LogP contribution is 2.25. The van der Waals surface area contributed by atoms with Crippen molar-refractivity contribution in [2.75, 3.05) is 13.6 Å². The van der Waals surface area contributed by atoms with Crippen LogP contribution in [0.25, 0.3) is 0 Å². The summed E-state index contributed by atoms with van der Waals surface area (Å²) in [5.74, 6) is 0.521. The van der Waals surface area contributed by atoms with E-state index in [4.69, 9.17) is 5.11 Å². The Morgan fingerprint density at radius 1 is 1.40 bits per heavy atom. The zero-order valence-electron chi connectivity index (χ0n) is 9.91. The number of aliphatic hydroxyl groups is 1. The van der Waals surface area contributed by atoms with Crippen LogP contribution in [0.3, 0.4) is 0 Å². The molecule has 0 bridgehead atoms. The van der Waals surface area contributed by atoms with E-state index in [1.165, 1.54) is 19.3 Å². The van der Waals surface area contributed by atoms with E-state index < -0.39 is 0 Å². The smallest absolute Gasteiger partial charge is 0.225 e. The molecule has 1 N–H and O–H groups in total. The number of aliphatic hydroxyl groups excluding tert-OH is 1. The van der Waals surface area contributed by atoms with Crippen molar-refractivity contribution >= 4 is 5.91 Å². The zero-order chi connectivity index (χ0) is 11.3. The summed E-state index contributed by atoms with van der Waals surface area (Å²) < 4.78 is 0. The monoisotopic (exact) mass is 213 g/mol. The van der Waals surface area contributed by atoms with Crippen molar-refractivity contribution in [1.82, 2.24) is 4.90 Å². The van der Waals surface area contributed by atoms with Gasteiger partial charge in [-0.1, -0.05) is 19.3 Å². The molecule has 0 radical (unpaired) electrons. The molecule has 88 valence electrons. The van der Waals surface area contributed by atoms with Gasteiger partial charge >= 0.3 is 0 Å². The largest absolute Gasteiger partial charge is 0.393 e. The highest BCUT2D eigenvalue weighted by molar-refractivity contribution is 5.78. The molecule has 1 aliphatic rings. The normalized spacial score (nSPS) is 19.9. The highest BCUT2D eigenvalue weighted by atomic mass is 16.3. The lowest BCUT2D eigenvalue weighted by Gasteiger charge is -2.26. The number of amides is 1. The first-order valence-corrected chi connectivity index (χ1v) is 6.04. The molecule has 0 spiro atoms. The summed E-state index contributed by atoms with van der Waals surface area (Å²) in [4.78, 5) is 13.7. The summed E-state index contributed by atoms with van der Waals surface area (Å²) in [6, 6.07) is 0. The van der Waals surface area contributed by atoms with Crippen LogP contribution in [0, 0.1) is 5.92 Å². The second kappa shape index (κ2) is 6.11. The van der Waals surface area contributed by atoms with Crippen LogP contribution in [0.4, 0.5) is 0 Å². The van der Waals surface area contributed by atoms with Gasteiger partial charge in [0.15, 0.2) is 0 Å². The Labute approximate surface area is 92.5 Å². The van der Waals surface area contributed by atoms with Crippen molar-refractivity contribution in [2.45, 2.75) is 51.6 Å². The predicted octanol–water partition coefficient (Wildman–Crippen LogP) is 1.80. The van der Waals surface area contributed by atoms with Gasteiger partial charge in [0.25, 0.3) is 0 Å². The molecule has 1 atom stereocenters. The maximum absolute atomic E-state index is 12.0. The molecule has 3 heteroatoms. The molecule has 0 aromatic rings. The number of nitrogens with zero attached hydrogens (tertiary/aromatic N) is 1. The van der Waals surface area contributed by atoms with Gasteiger partial charge in [0.2, 0.25) is 5.91 Å². The van der Waals surface area contributed by atoms with Crippen molar-refractivity contribution in [3.63, 3.8) is 0 Å². The van der Waals surface area contributed by atoms with E-state index in [1.54, 1.807) is 11.8 Å². The van der Waals surface area contributed by atoms with Gasteiger partial charge < -0.3 is 10.0 Å². The molecule has 3 nitrogen and oxygen atoms in total. The standard InChI is InChI=1S/C12H23NO2/c1-10(14)8-9-13(2)12(15)11-6-4-3-5-7-11/h10-11,14H,3-9H2,1-2H3. The predicted molar refractivity (Wildman–Crippen MR) is 60.5 cm³/mol. The quantitative estimate of drug-likeness (QED) is 0.773. The molecule has 0 aliphatic heterocycles. The van der Waals surface area contributed by atoms with Gasteiger partial charge in [0, 0.05) is 19.5 Å².